The molecule has 0 saturated heterocycles. The average molecular weight is 216 g/mol. The topological polar surface area (TPSA) is 43.6 Å². The van der Waals surface area contributed by atoms with Crippen molar-refractivity contribution in [1.82, 2.24) is 20.0 Å². The summed E-state index contributed by atoms with van der Waals surface area (Å²) in [6, 6.07) is 5.97. The summed E-state index contributed by atoms with van der Waals surface area (Å²) in [5, 5.41) is 8.20. The van der Waals surface area contributed by atoms with E-state index in [2.05, 4.69) is 22.2 Å². The predicted molar refractivity (Wildman–Crippen MR) is 62.0 cm³/mol. The number of pyridine rings is 1. The molecule has 2 aromatic heterocycles. The number of hydrogen-bond acceptors (Lipinski definition) is 3. The molecule has 0 aliphatic heterocycles. The molecule has 0 radical (unpaired) electrons. The lowest BCUT2D eigenvalue weighted by Crippen LogP contribution is -2.03. The predicted octanol–water partition coefficient (Wildman–Crippen LogP) is 1.87. The first kappa shape index (κ1) is 10.8. The Hall–Kier alpha value is -1.71. The van der Waals surface area contributed by atoms with Crippen LogP contribution in [0.1, 0.15) is 24.7 Å². The summed E-state index contributed by atoms with van der Waals surface area (Å²) in [6.45, 7) is 2.99. The smallest absolute Gasteiger partial charge is 0.0827 e. The Labute approximate surface area is 95.3 Å². The van der Waals surface area contributed by atoms with Crippen molar-refractivity contribution in [3.63, 3.8) is 0 Å². The number of aryl methyl sites for hydroxylation is 3. The van der Waals surface area contributed by atoms with Crippen LogP contribution in [0.5, 0.6) is 0 Å². The summed E-state index contributed by atoms with van der Waals surface area (Å²) in [6.07, 6.45) is 6.85. The lowest BCUT2D eigenvalue weighted by Gasteiger charge is -1.99. The summed E-state index contributed by atoms with van der Waals surface area (Å²) in [5.41, 5.74) is 2.17. The van der Waals surface area contributed by atoms with Gasteiger partial charge in [0.2, 0.25) is 0 Å². The molecule has 4 nitrogen and oxygen atoms in total. The highest BCUT2D eigenvalue weighted by atomic mass is 15.4. The molecule has 0 aromatic carbocycles. The molecular formula is C12H16N4. The van der Waals surface area contributed by atoms with E-state index in [1.54, 1.807) is 0 Å². The Balaban J connectivity index is 1.89. The Kier molecular flexibility index (Phi) is 3.64. The standard InChI is InChI=1S/C12H16N4/c1-2-5-12-10-16(15-14-12)9-7-11-6-3-4-8-13-11/h3-4,6,8,10H,2,5,7,9H2,1H3. The third-order valence-corrected chi connectivity index (χ3v) is 2.42. The molecule has 0 spiro atoms. The van der Waals surface area contributed by atoms with Crippen molar-refractivity contribution >= 4 is 0 Å². The summed E-state index contributed by atoms with van der Waals surface area (Å²) >= 11 is 0. The maximum atomic E-state index is 4.28. The zero-order valence-electron chi connectivity index (χ0n) is 9.50. The maximum Gasteiger partial charge on any atom is 0.0827 e. The normalized spacial score (nSPS) is 10.6. The van der Waals surface area contributed by atoms with E-state index in [4.69, 9.17) is 0 Å². The molecule has 2 rings (SSSR count). The minimum atomic E-state index is 0.841. The van der Waals surface area contributed by atoms with Gasteiger partial charge in [0.05, 0.1) is 5.69 Å². The van der Waals surface area contributed by atoms with E-state index < -0.39 is 0 Å². The van der Waals surface area contributed by atoms with Gasteiger partial charge in [-0.3, -0.25) is 9.67 Å². The molecule has 0 aliphatic carbocycles. The van der Waals surface area contributed by atoms with E-state index in [9.17, 15) is 0 Å². The van der Waals surface area contributed by atoms with Gasteiger partial charge in [-0.1, -0.05) is 24.6 Å². The van der Waals surface area contributed by atoms with Crippen molar-refractivity contribution in [2.45, 2.75) is 32.7 Å². The molecule has 2 aromatic rings. The molecule has 0 amide bonds. The molecule has 4 heteroatoms. The zero-order valence-corrected chi connectivity index (χ0v) is 9.50. The second-order valence-electron chi connectivity index (χ2n) is 3.79. The Morgan fingerprint density at radius 1 is 1.19 bits per heavy atom. The van der Waals surface area contributed by atoms with Crippen LogP contribution in [0.2, 0.25) is 0 Å². The molecular weight excluding hydrogens is 200 g/mol. The van der Waals surface area contributed by atoms with Crippen molar-refractivity contribution < 1.29 is 0 Å². The fraction of sp³-hybridized carbons (Fsp3) is 0.417. The number of aromatic nitrogens is 4. The first-order chi connectivity index (χ1) is 7.88. The molecule has 0 unspecified atom stereocenters. The quantitative estimate of drug-likeness (QED) is 0.766. The second-order valence-corrected chi connectivity index (χ2v) is 3.79. The van der Waals surface area contributed by atoms with E-state index in [1.807, 2.05) is 35.3 Å². The van der Waals surface area contributed by atoms with E-state index in [1.165, 1.54) is 0 Å². The highest BCUT2D eigenvalue weighted by Gasteiger charge is 2.00. The van der Waals surface area contributed by atoms with Crippen LogP contribution in [-0.2, 0) is 19.4 Å². The van der Waals surface area contributed by atoms with Gasteiger partial charge in [0.1, 0.15) is 0 Å². The molecule has 0 bridgehead atoms. The van der Waals surface area contributed by atoms with Gasteiger partial charge in [0.25, 0.3) is 0 Å². The third kappa shape index (κ3) is 2.89. The summed E-state index contributed by atoms with van der Waals surface area (Å²) in [5.74, 6) is 0. The van der Waals surface area contributed by atoms with Crippen LogP contribution in [0, 0.1) is 0 Å². The SMILES string of the molecule is CCCc1cn(CCc2ccccn2)nn1. The molecule has 16 heavy (non-hydrogen) atoms. The Bertz CT molecular complexity index is 422. The number of nitrogens with zero attached hydrogens (tertiary/aromatic N) is 4. The van der Waals surface area contributed by atoms with Gasteiger partial charge in [-0.05, 0) is 18.6 Å². The second kappa shape index (κ2) is 5.39. The summed E-state index contributed by atoms with van der Waals surface area (Å²) < 4.78 is 1.89. The van der Waals surface area contributed by atoms with Gasteiger partial charge in [0.15, 0.2) is 0 Å². The van der Waals surface area contributed by atoms with Gasteiger partial charge in [-0.15, -0.1) is 5.10 Å². The molecule has 0 aliphatic rings. The minimum absolute atomic E-state index is 0.841. The Morgan fingerprint density at radius 3 is 2.88 bits per heavy atom. The van der Waals surface area contributed by atoms with Crippen LogP contribution >= 0.6 is 0 Å². The van der Waals surface area contributed by atoms with Gasteiger partial charge in [-0.2, -0.15) is 0 Å². The molecule has 0 fully saturated rings. The lowest BCUT2D eigenvalue weighted by molar-refractivity contribution is 0.584. The van der Waals surface area contributed by atoms with E-state index in [-0.39, 0.29) is 0 Å². The van der Waals surface area contributed by atoms with Crippen LogP contribution in [0.4, 0.5) is 0 Å². The highest BCUT2D eigenvalue weighted by Crippen LogP contribution is 2.00. The lowest BCUT2D eigenvalue weighted by atomic mass is 10.2. The molecule has 2 heterocycles. The van der Waals surface area contributed by atoms with E-state index in [0.717, 1.165) is 37.2 Å². The zero-order chi connectivity index (χ0) is 11.2. The van der Waals surface area contributed by atoms with Crippen LogP contribution in [0.25, 0.3) is 0 Å². The number of hydrogen-bond donors (Lipinski definition) is 0. The Morgan fingerprint density at radius 2 is 2.12 bits per heavy atom. The molecule has 84 valence electrons. The van der Waals surface area contributed by atoms with Crippen LogP contribution in [0.15, 0.2) is 30.6 Å². The van der Waals surface area contributed by atoms with E-state index in [0.29, 0.717) is 0 Å². The van der Waals surface area contributed by atoms with Crippen molar-refractivity contribution in [2.75, 3.05) is 0 Å². The monoisotopic (exact) mass is 216 g/mol. The van der Waals surface area contributed by atoms with Gasteiger partial charge in [0, 0.05) is 31.1 Å². The number of rotatable bonds is 5. The average Bonchev–Trinajstić information content (AvgIpc) is 2.76. The highest BCUT2D eigenvalue weighted by molar-refractivity contribution is 5.03. The summed E-state index contributed by atoms with van der Waals surface area (Å²) in [7, 11) is 0. The fourth-order valence-corrected chi connectivity index (χ4v) is 1.59. The van der Waals surface area contributed by atoms with Gasteiger partial charge < -0.3 is 0 Å². The maximum absolute atomic E-state index is 4.28. The minimum Gasteiger partial charge on any atom is -0.261 e. The largest absolute Gasteiger partial charge is 0.261 e. The van der Waals surface area contributed by atoms with Crippen LogP contribution < -0.4 is 0 Å². The van der Waals surface area contributed by atoms with Gasteiger partial charge in [-0.25, -0.2) is 0 Å². The summed E-state index contributed by atoms with van der Waals surface area (Å²) in [4.78, 5) is 4.28. The van der Waals surface area contributed by atoms with Crippen molar-refractivity contribution in [3.05, 3.63) is 42.0 Å². The molecule has 0 saturated carbocycles. The first-order valence-corrected chi connectivity index (χ1v) is 5.67. The van der Waals surface area contributed by atoms with Crippen molar-refractivity contribution in [3.8, 4) is 0 Å². The van der Waals surface area contributed by atoms with Crippen LogP contribution in [-0.4, -0.2) is 20.0 Å². The molecule has 0 N–H and O–H groups in total. The molecule has 0 atom stereocenters. The van der Waals surface area contributed by atoms with Crippen LogP contribution in [0.3, 0.4) is 0 Å². The van der Waals surface area contributed by atoms with Crippen molar-refractivity contribution in [2.24, 2.45) is 0 Å². The van der Waals surface area contributed by atoms with Crippen molar-refractivity contribution in [1.29, 1.82) is 0 Å². The first-order valence-electron chi connectivity index (χ1n) is 5.67. The van der Waals surface area contributed by atoms with E-state index >= 15 is 0 Å². The third-order valence-electron chi connectivity index (χ3n) is 2.42. The van der Waals surface area contributed by atoms with Gasteiger partial charge >= 0.3 is 0 Å². The fourth-order valence-electron chi connectivity index (χ4n) is 1.59.